The lowest BCUT2D eigenvalue weighted by atomic mass is 10.2. The summed E-state index contributed by atoms with van der Waals surface area (Å²) in [6, 6.07) is 5.62. The summed E-state index contributed by atoms with van der Waals surface area (Å²) < 4.78 is 3.56. The number of anilines is 1. The molecule has 1 N–H and O–H groups in total. The second-order valence-corrected chi connectivity index (χ2v) is 5.74. The van der Waals surface area contributed by atoms with Crippen LogP contribution in [0.1, 0.15) is 17.3 Å². The first-order valence-electron chi connectivity index (χ1n) is 5.39. The zero-order chi connectivity index (χ0) is 13.1. The van der Waals surface area contributed by atoms with Gasteiger partial charge in [-0.2, -0.15) is 5.10 Å². The van der Waals surface area contributed by atoms with Gasteiger partial charge in [0, 0.05) is 20.8 Å². The fourth-order valence-electron chi connectivity index (χ4n) is 1.47. The van der Waals surface area contributed by atoms with Crippen molar-refractivity contribution in [2.45, 2.75) is 13.5 Å². The Kier molecular flexibility index (Phi) is 4.39. The maximum atomic E-state index is 12.1. The molecule has 0 spiro atoms. The van der Waals surface area contributed by atoms with Gasteiger partial charge in [-0.15, -0.1) is 0 Å². The second kappa shape index (κ2) is 5.83. The summed E-state index contributed by atoms with van der Waals surface area (Å²) in [5.41, 5.74) is 1.35. The van der Waals surface area contributed by atoms with Crippen LogP contribution in [0.2, 0.25) is 0 Å². The van der Waals surface area contributed by atoms with Gasteiger partial charge in [-0.1, -0.05) is 15.9 Å². The van der Waals surface area contributed by atoms with E-state index in [9.17, 15) is 4.79 Å². The van der Waals surface area contributed by atoms with Crippen LogP contribution in [0.4, 0.5) is 5.69 Å². The zero-order valence-electron chi connectivity index (χ0n) is 9.65. The van der Waals surface area contributed by atoms with Crippen molar-refractivity contribution in [3.63, 3.8) is 0 Å². The molecule has 6 heteroatoms. The topological polar surface area (TPSA) is 46.9 Å². The fraction of sp³-hybridized carbons (Fsp3) is 0.167. The maximum Gasteiger partial charge on any atom is 0.256 e. The van der Waals surface area contributed by atoms with Crippen molar-refractivity contribution in [1.29, 1.82) is 0 Å². The van der Waals surface area contributed by atoms with Crippen LogP contribution in [0.25, 0.3) is 0 Å². The standard InChI is InChI=1S/C12H11BrIN3O/c1-2-17-7-9(6-15-17)16-12(18)10-5-8(13)3-4-11(10)14/h3-7H,2H2,1H3,(H,16,18). The van der Waals surface area contributed by atoms with E-state index in [4.69, 9.17) is 0 Å². The van der Waals surface area contributed by atoms with E-state index in [0.717, 1.165) is 14.6 Å². The average Bonchev–Trinajstić information content (AvgIpc) is 2.80. The van der Waals surface area contributed by atoms with Gasteiger partial charge >= 0.3 is 0 Å². The number of benzene rings is 1. The molecule has 94 valence electrons. The van der Waals surface area contributed by atoms with Gasteiger partial charge < -0.3 is 5.32 Å². The number of nitrogens with zero attached hydrogens (tertiary/aromatic N) is 2. The molecule has 0 saturated carbocycles. The average molecular weight is 420 g/mol. The van der Waals surface area contributed by atoms with Crippen molar-refractivity contribution in [2.24, 2.45) is 0 Å². The first-order valence-corrected chi connectivity index (χ1v) is 7.26. The van der Waals surface area contributed by atoms with E-state index in [2.05, 4.69) is 48.9 Å². The lowest BCUT2D eigenvalue weighted by Gasteiger charge is -2.05. The smallest absolute Gasteiger partial charge is 0.256 e. The van der Waals surface area contributed by atoms with Gasteiger partial charge in [-0.25, -0.2) is 0 Å². The molecule has 0 radical (unpaired) electrons. The van der Waals surface area contributed by atoms with E-state index in [0.29, 0.717) is 11.3 Å². The van der Waals surface area contributed by atoms with E-state index >= 15 is 0 Å². The summed E-state index contributed by atoms with van der Waals surface area (Å²) in [4.78, 5) is 12.1. The molecule has 1 aromatic heterocycles. The Balaban J connectivity index is 2.19. The summed E-state index contributed by atoms with van der Waals surface area (Å²) in [5.74, 6) is -0.128. The molecule has 1 heterocycles. The largest absolute Gasteiger partial charge is 0.319 e. The highest BCUT2D eigenvalue weighted by Gasteiger charge is 2.11. The molecule has 1 amide bonds. The van der Waals surface area contributed by atoms with Crippen molar-refractivity contribution < 1.29 is 4.79 Å². The van der Waals surface area contributed by atoms with Crippen molar-refractivity contribution in [3.8, 4) is 0 Å². The third kappa shape index (κ3) is 3.11. The van der Waals surface area contributed by atoms with Crippen LogP contribution in [0.3, 0.4) is 0 Å². The molecular formula is C12H11BrIN3O. The maximum absolute atomic E-state index is 12.1. The summed E-state index contributed by atoms with van der Waals surface area (Å²) in [6.07, 6.45) is 3.45. The predicted octanol–water partition coefficient (Wildman–Crippen LogP) is 3.52. The van der Waals surface area contributed by atoms with E-state index in [-0.39, 0.29) is 5.91 Å². The van der Waals surface area contributed by atoms with Gasteiger partial charge in [0.1, 0.15) is 0 Å². The number of amides is 1. The Hall–Kier alpha value is -0.890. The normalized spacial score (nSPS) is 10.4. The van der Waals surface area contributed by atoms with Gasteiger partial charge in [0.15, 0.2) is 0 Å². The molecule has 2 rings (SSSR count). The summed E-state index contributed by atoms with van der Waals surface area (Å²) in [5, 5.41) is 6.95. The third-order valence-corrected chi connectivity index (χ3v) is 3.82. The van der Waals surface area contributed by atoms with Crippen LogP contribution in [-0.4, -0.2) is 15.7 Å². The molecule has 4 nitrogen and oxygen atoms in total. The number of aromatic nitrogens is 2. The highest BCUT2D eigenvalue weighted by atomic mass is 127. The SMILES string of the molecule is CCn1cc(NC(=O)c2cc(Br)ccc2I)cn1. The lowest BCUT2D eigenvalue weighted by Crippen LogP contribution is -2.13. The van der Waals surface area contributed by atoms with Crippen LogP contribution in [0.5, 0.6) is 0 Å². The fourth-order valence-corrected chi connectivity index (χ4v) is 2.41. The van der Waals surface area contributed by atoms with Crippen LogP contribution in [0, 0.1) is 3.57 Å². The summed E-state index contributed by atoms with van der Waals surface area (Å²) in [6.45, 7) is 2.78. The molecule has 0 aliphatic heterocycles. The molecule has 0 aliphatic carbocycles. The first-order chi connectivity index (χ1) is 8.60. The molecule has 1 aromatic carbocycles. The summed E-state index contributed by atoms with van der Waals surface area (Å²) >= 11 is 5.51. The Bertz CT molecular complexity index is 582. The minimum atomic E-state index is -0.128. The predicted molar refractivity (Wildman–Crippen MR) is 82.7 cm³/mol. The number of rotatable bonds is 3. The molecule has 0 bridgehead atoms. The quantitative estimate of drug-likeness (QED) is 0.773. The molecular weight excluding hydrogens is 409 g/mol. The Morgan fingerprint density at radius 2 is 2.33 bits per heavy atom. The van der Waals surface area contributed by atoms with E-state index in [1.54, 1.807) is 16.9 Å². The zero-order valence-corrected chi connectivity index (χ0v) is 13.4. The van der Waals surface area contributed by atoms with E-state index in [1.165, 1.54) is 0 Å². The molecule has 0 aliphatic rings. The van der Waals surface area contributed by atoms with Crippen molar-refractivity contribution in [3.05, 3.63) is 44.2 Å². The molecule has 0 fully saturated rings. The van der Waals surface area contributed by atoms with Crippen molar-refractivity contribution in [2.75, 3.05) is 5.32 Å². The second-order valence-electron chi connectivity index (χ2n) is 3.66. The van der Waals surface area contributed by atoms with Crippen molar-refractivity contribution >= 4 is 50.1 Å². The minimum Gasteiger partial charge on any atom is -0.319 e. The Morgan fingerprint density at radius 1 is 1.56 bits per heavy atom. The van der Waals surface area contributed by atoms with Crippen LogP contribution in [0.15, 0.2) is 35.1 Å². The van der Waals surface area contributed by atoms with Gasteiger partial charge in [-0.3, -0.25) is 9.48 Å². The highest BCUT2D eigenvalue weighted by Crippen LogP contribution is 2.19. The first kappa shape index (κ1) is 13.5. The number of carbonyl (C=O) groups excluding carboxylic acids is 1. The van der Waals surface area contributed by atoms with E-state index in [1.807, 2.05) is 25.3 Å². The van der Waals surface area contributed by atoms with Gasteiger partial charge in [-0.05, 0) is 47.7 Å². The highest BCUT2D eigenvalue weighted by molar-refractivity contribution is 14.1. The monoisotopic (exact) mass is 419 g/mol. The third-order valence-electron chi connectivity index (χ3n) is 2.39. The number of carbonyl (C=O) groups is 1. The Morgan fingerprint density at radius 3 is 3.00 bits per heavy atom. The molecule has 0 unspecified atom stereocenters. The van der Waals surface area contributed by atoms with Crippen LogP contribution < -0.4 is 5.32 Å². The molecule has 2 aromatic rings. The minimum absolute atomic E-state index is 0.128. The van der Waals surface area contributed by atoms with Crippen molar-refractivity contribution in [1.82, 2.24) is 9.78 Å². The number of hydrogen-bond acceptors (Lipinski definition) is 2. The molecule has 0 saturated heterocycles. The van der Waals surface area contributed by atoms with Gasteiger partial charge in [0.25, 0.3) is 5.91 Å². The summed E-state index contributed by atoms with van der Waals surface area (Å²) in [7, 11) is 0. The number of hydrogen-bond donors (Lipinski definition) is 1. The van der Waals surface area contributed by atoms with Crippen LogP contribution >= 0.6 is 38.5 Å². The van der Waals surface area contributed by atoms with Gasteiger partial charge in [0.2, 0.25) is 0 Å². The number of aryl methyl sites for hydroxylation is 1. The van der Waals surface area contributed by atoms with Crippen LogP contribution in [-0.2, 0) is 6.54 Å². The molecule has 0 atom stereocenters. The van der Waals surface area contributed by atoms with E-state index < -0.39 is 0 Å². The lowest BCUT2D eigenvalue weighted by molar-refractivity contribution is 0.102. The number of halogens is 2. The Labute approximate surface area is 127 Å². The molecule has 18 heavy (non-hydrogen) atoms. The number of nitrogens with one attached hydrogen (secondary N) is 1. The van der Waals surface area contributed by atoms with Gasteiger partial charge in [0.05, 0.1) is 17.4 Å².